The van der Waals surface area contributed by atoms with Gasteiger partial charge in [0.1, 0.15) is 11.9 Å². The fourth-order valence-electron chi connectivity index (χ4n) is 3.54. The number of anilines is 1. The third-order valence-electron chi connectivity index (χ3n) is 5.23. The van der Waals surface area contributed by atoms with Crippen molar-refractivity contribution < 1.29 is 4.52 Å². The van der Waals surface area contributed by atoms with Gasteiger partial charge in [-0.25, -0.2) is 4.98 Å². The first-order valence-corrected chi connectivity index (χ1v) is 9.36. The van der Waals surface area contributed by atoms with E-state index in [0.717, 1.165) is 60.8 Å². The Kier molecular flexibility index (Phi) is 5.26. The molecule has 26 heavy (non-hydrogen) atoms. The van der Waals surface area contributed by atoms with Gasteiger partial charge in [0.15, 0.2) is 5.82 Å². The molecule has 2 aromatic rings. The van der Waals surface area contributed by atoms with Crippen LogP contribution in [-0.4, -0.2) is 28.2 Å². The summed E-state index contributed by atoms with van der Waals surface area (Å²) in [5.74, 6) is 2.98. The Morgan fingerprint density at radius 2 is 2.00 bits per heavy atom. The number of nitrogens with zero attached hydrogens (tertiary/aromatic N) is 5. The van der Waals surface area contributed by atoms with E-state index in [1.165, 1.54) is 0 Å². The maximum atomic E-state index is 9.66. The molecule has 0 bridgehead atoms. The molecule has 2 aromatic heterocycles. The molecule has 3 heterocycles. The number of aromatic nitrogens is 3. The number of aryl methyl sites for hydroxylation is 1. The molecule has 0 spiro atoms. The Labute approximate surface area is 155 Å². The third kappa shape index (κ3) is 3.57. The van der Waals surface area contributed by atoms with Gasteiger partial charge in [-0.3, -0.25) is 0 Å². The second kappa shape index (κ2) is 7.45. The van der Waals surface area contributed by atoms with Gasteiger partial charge in [-0.2, -0.15) is 10.2 Å². The average Bonchev–Trinajstić information content (AvgIpc) is 3.07. The van der Waals surface area contributed by atoms with Crippen LogP contribution in [0.3, 0.4) is 0 Å². The van der Waals surface area contributed by atoms with Gasteiger partial charge in [-0.1, -0.05) is 19.0 Å². The Bertz CT molecular complexity index is 833. The molecule has 1 saturated heterocycles. The van der Waals surface area contributed by atoms with Crippen molar-refractivity contribution in [2.24, 2.45) is 5.92 Å². The zero-order valence-corrected chi connectivity index (χ0v) is 16.3. The van der Waals surface area contributed by atoms with Crippen LogP contribution >= 0.6 is 0 Å². The molecule has 1 fully saturated rings. The van der Waals surface area contributed by atoms with Crippen LogP contribution in [0.4, 0.5) is 5.82 Å². The van der Waals surface area contributed by atoms with Crippen LogP contribution in [0.25, 0.3) is 0 Å². The van der Waals surface area contributed by atoms with Crippen molar-refractivity contribution >= 4 is 5.82 Å². The van der Waals surface area contributed by atoms with E-state index in [2.05, 4.69) is 35.0 Å². The second-order valence-electron chi connectivity index (χ2n) is 7.69. The predicted molar refractivity (Wildman–Crippen MR) is 100 cm³/mol. The highest BCUT2D eigenvalue weighted by Gasteiger charge is 2.29. The first kappa shape index (κ1) is 18.4. The van der Waals surface area contributed by atoms with Gasteiger partial charge in [-0.05, 0) is 50.7 Å². The fraction of sp³-hybridized carbons (Fsp3) is 0.600. The molecule has 0 aliphatic carbocycles. The molecule has 1 aliphatic heterocycles. The molecule has 1 unspecified atom stereocenters. The summed E-state index contributed by atoms with van der Waals surface area (Å²) in [7, 11) is 0. The molecule has 0 aromatic carbocycles. The first-order valence-electron chi connectivity index (χ1n) is 9.36. The molecular formula is C20H27N5O. The summed E-state index contributed by atoms with van der Waals surface area (Å²) in [6.07, 6.45) is 2.87. The maximum absolute atomic E-state index is 9.66. The SMILES string of the molecule is Cc1nc(N2CCCC(c3nc(CC(C)C)no3)C2)c(C#N)c(C)c1C. The van der Waals surface area contributed by atoms with Crippen LogP contribution in [0, 0.1) is 38.0 Å². The van der Waals surface area contributed by atoms with Crippen molar-refractivity contribution in [2.45, 2.75) is 59.8 Å². The summed E-state index contributed by atoms with van der Waals surface area (Å²) in [5, 5.41) is 13.8. The Balaban J connectivity index is 1.85. The van der Waals surface area contributed by atoms with E-state index in [-0.39, 0.29) is 5.92 Å². The molecule has 1 aliphatic rings. The number of rotatable bonds is 4. The minimum Gasteiger partial charge on any atom is -0.355 e. The van der Waals surface area contributed by atoms with Gasteiger partial charge in [0.2, 0.25) is 5.89 Å². The van der Waals surface area contributed by atoms with Gasteiger partial charge in [0.25, 0.3) is 0 Å². The number of hydrogen-bond donors (Lipinski definition) is 0. The van der Waals surface area contributed by atoms with Crippen molar-refractivity contribution in [1.29, 1.82) is 5.26 Å². The first-order chi connectivity index (χ1) is 12.4. The van der Waals surface area contributed by atoms with Crippen LogP contribution in [0.1, 0.15) is 66.7 Å². The third-order valence-corrected chi connectivity index (χ3v) is 5.23. The van der Waals surface area contributed by atoms with Gasteiger partial charge < -0.3 is 9.42 Å². The minimum absolute atomic E-state index is 0.187. The number of nitriles is 1. The normalized spacial score (nSPS) is 17.6. The Hall–Kier alpha value is -2.42. The summed E-state index contributed by atoms with van der Waals surface area (Å²) >= 11 is 0. The van der Waals surface area contributed by atoms with Crippen molar-refractivity contribution in [3.63, 3.8) is 0 Å². The predicted octanol–water partition coefficient (Wildman–Crippen LogP) is 3.84. The highest BCUT2D eigenvalue weighted by Crippen LogP contribution is 2.32. The van der Waals surface area contributed by atoms with E-state index >= 15 is 0 Å². The van der Waals surface area contributed by atoms with Crippen molar-refractivity contribution in [3.05, 3.63) is 34.1 Å². The van der Waals surface area contributed by atoms with Crippen molar-refractivity contribution in [1.82, 2.24) is 15.1 Å². The summed E-state index contributed by atoms with van der Waals surface area (Å²) in [5.41, 5.74) is 3.78. The highest BCUT2D eigenvalue weighted by atomic mass is 16.5. The van der Waals surface area contributed by atoms with E-state index in [1.807, 2.05) is 20.8 Å². The fourth-order valence-corrected chi connectivity index (χ4v) is 3.54. The van der Waals surface area contributed by atoms with E-state index < -0.39 is 0 Å². The molecule has 6 heteroatoms. The minimum atomic E-state index is 0.187. The van der Waals surface area contributed by atoms with Gasteiger partial charge in [0, 0.05) is 25.2 Å². The number of pyridine rings is 1. The van der Waals surface area contributed by atoms with Crippen molar-refractivity contribution in [3.8, 4) is 6.07 Å². The number of hydrogen-bond acceptors (Lipinski definition) is 6. The lowest BCUT2D eigenvalue weighted by Gasteiger charge is -2.33. The standard InChI is InChI=1S/C20H27N5O/c1-12(2)9-18-23-20(26-24-18)16-7-6-8-25(11-16)19-17(10-21)14(4)13(3)15(5)22-19/h12,16H,6-9,11H2,1-5H3. The van der Waals surface area contributed by atoms with Crippen LogP contribution in [0.5, 0.6) is 0 Å². The van der Waals surface area contributed by atoms with E-state index in [0.29, 0.717) is 17.4 Å². The van der Waals surface area contributed by atoms with E-state index in [4.69, 9.17) is 9.51 Å². The second-order valence-corrected chi connectivity index (χ2v) is 7.69. The lowest BCUT2D eigenvalue weighted by molar-refractivity contribution is 0.329. The molecule has 3 rings (SSSR count). The molecule has 0 saturated carbocycles. The van der Waals surface area contributed by atoms with E-state index in [9.17, 15) is 5.26 Å². The Morgan fingerprint density at radius 3 is 2.69 bits per heavy atom. The van der Waals surface area contributed by atoms with E-state index in [1.54, 1.807) is 0 Å². The smallest absolute Gasteiger partial charge is 0.231 e. The van der Waals surface area contributed by atoms with Crippen molar-refractivity contribution in [2.75, 3.05) is 18.0 Å². The zero-order chi connectivity index (χ0) is 18.8. The summed E-state index contributed by atoms with van der Waals surface area (Å²) < 4.78 is 5.54. The topological polar surface area (TPSA) is 78.8 Å². The molecule has 6 nitrogen and oxygen atoms in total. The summed E-state index contributed by atoms with van der Waals surface area (Å²) in [6.45, 7) is 12.0. The monoisotopic (exact) mass is 353 g/mol. The molecule has 138 valence electrons. The summed E-state index contributed by atoms with van der Waals surface area (Å²) in [4.78, 5) is 11.5. The average molecular weight is 353 g/mol. The lowest BCUT2D eigenvalue weighted by atomic mass is 9.96. The zero-order valence-electron chi connectivity index (χ0n) is 16.3. The largest absolute Gasteiger partial charge is 0.355 e. The molecule has 0 N–H and O–H groups in total. The van der Waals surface area contributed by atoms with Gasteiger partial charge in [-0.15, -0.1) is 0 Å². The quantitative estimate of drug-likeness (QED) is 0.831. The highest BCUT2D eigenvalue weighted by molar-refractivity contribution is 5.60. The molecule has 0 amide bonds. The molecule has 1 atom stereocenters. The van der Waals surface area contributed by atoms with Gasteiger partial charge in [0.05, 0.1) is 11.5 Å². The van der Waals surface area contributed by atoms with Crippen LogP contribution in [-0.2, 0) is 6.42 Å². The van der Waals surface area contributed by atoms with Gasteiger partial charge >= 0.3 is 0 Å². The van der Waals surface area contributed by atoms with Crippen LogP contribution in [0.15, 0.2) is 4.52 Å². The van der Waals surface area contributed by atoms with Crippen LogP contribution < -0.4 is 4.90 Å². The lowest BCUT2D eigenvalue weighted by Crippen LogP contribution is -2.36. The maximum Gasteiger partial charge on any atom is 0.231 e. The Morgan fingerprint density at radius 1 is 1.23 bits per heavy atom. The number of piperidine rings is 1. The summed E-state index contributed by atoms with van der Waals surface area (Å²) in [6, 6.07) is 2.35. The molecule has 0 radical (unpaired) electrons. The van der Waals surface area contributed by atoms with Crippen LogP contribution in [0.2, 0.25) is 0 Å². The molecular weight excluding hydrogens is 326 g/mol.